The van der Waals surface area contributed by atoms with Gasteiger partial charge in [-0.05, 0) is 35.7 Å². The summed E-state index contributed by atoms with van der Waals surface area (Å²) in [4.78, 5) is 0. The fraction of sp³-hybridized carbons (Fsp3) is 0. The van der Waals surface area contributed by atoms with Crippen LogP contribution in [0.5, 0.6) is 0 Å². The zero-order valence-corrected chi connectivity index (χ0v) is 8.33. The lowest BCUT2D eigenvalue weighted by molar-refractivity contribution is 1.56. The van der Waals surface area contributed by atoms with E-state index in [1.54, 1.807) is 0 Å². The Morgan fingerprint density at radius 1 is 0.857 bits per heavy atom. The van der Waals surface area contributed by atoms with Crippen molar-refractivity contribution in [3.05, 3.63) is 66.0 Å². The van der Waals surface area contributed by atoms with Gasteiger partial charge in [-0.3, -0.25) is 0 Å². The molecule has 2 rings (SSSR count). The highest BCUT2D eigenvalue weighted by atomic mass is 35.5. The second-order valence-electron chi connectivity index (χ2n) is 3.09. The van der Waals surface area contributed by atoms with E-state index < -0.39 is 0 Å². The molecule has 0 aliphatic heterocycles. The van der Waals surface area contributed by atoms with Gasteiger partial charge in [0.25, 0.3) is 0 Å². The molecule has 0 N–H and O–H groups in total. The zero-order valence-electron chi connectivity index (χ0n) is 7.57. The smallest absolute Gasteiger partial charge is 0.0406 e. The summed E-state index contributed by atoms with van der Waals surface area (Å²) in [5.41, 5.74) is 2.92. The van der Waals surface area contributed by atoms with Gasteiger partial charge in [0.15, 0.2) is 0 Å². The van der Waals surface area contributed by atoms with E-state index in [-0.39, 0.29) is 0 Å². The molecular formula is C13H9Cl. The predicted molar refractivity (Wildman–Crippen MR) is 60.3 cm³/mol. The van der Waals surface area contributed by atoms with Crippen LogP contribution in [0.1, 0.15) is 5.56 Å². The Balaban J connectivity index is 2.50. The SMILES string of the molecule is [CH]c1ccccc1-c1ccc(Cl)cc1. The molecule has 0 amide bonds. The summed E-state index contributed by atoms with van der Waals surface area (Å²) in [6.07, 6.45) is 0. The summed E-state index contributed by atoms with van der Waals surface area (Å²) in [6.45, 7) is 5.86. The first kappa shape index (κ1) is 9.29. The maximum atomic E-state index is 5.86. The third-order valence-electron chi connectivity index (χ3n) is 2.12. The van der Waals surface area contributed by atoms with E-state index in [1.807, 2.05) is 48.5 Å². The topological polar surface area (TPSA) is 0 Å². The Morgan fingerprint density at radius 3 is 2.14 bits per heavy atom. The second-order valence-corrected chi connectivity index (χ2v) is 3.53. The molecule has 0 aromatic heterocycles. The van der Waals surface area contributed by atoms with Crippen LogP contribution in [0.3, 0.4) is 0 Å². The van der Waals surface area contributed by atoms with Crippen LogP contribution in [0.2, 0.25) is 5.02 Å². The van der Waals surface area contributed by atoms with Gasteiger partial charge in [-0.1, -0.05) is 48.0 Å². The summed E-state index contributed by atoms with van der Waals surface area (Å²) in [5.74, 6) is 0. The van der Waals surface area contributed by atoms with Crippen molar-refractivity contribution in [2.45, 2.75) is 0 Å². The number of hydrogen-bond acceptors (Lipinski definition) is 0. The highest BCUT2D eigenvalue weighted by molar-refractivity contribution is 6.30. The van der Waals surface area contributed by atoms with Crippen LogP contribution >= 0.6 is 11.6 Å². The van der Waals surface area contributed by atoms with Crippen molar-refractivity contribution in [1.82, 2.24) is 0 Å². The molecule has 68 valence electrons. The lowest BCUT2D eigenvalue weighted by atomic mass is 10.0. The molecule has 2 radical (unpaired) electrons. The molecule has 0 spiro atoms. The fourth-order valence-corrected chi connectivity index (χ4v) is 1.52. The van der Waals surface area contributed by atoms with E-state index in [4.69, 9.17) is 18.5 Å². The van der Waals surface area contributed by atoms with Crippen LogP contribution in [-0.2, 0) is 0 Å². The molecule has 0 heterocycles. The van der Waals surface area contributed by atoms with Crippen LogP contribution in [-0.4, -0.2) is 0 Å². The maximum absolute atomic E-state index is 5.86. The highest BCUT2D eigenvalue weighted by Gasteiger charge is 1.99. The molecule has 0 unspecified atom stereocenters. The number of hydrogen-bond donors (Lipinski definition) is 0. The van der Waals surface area contributed by atoms with E-state index in [0.717, 1.165) is 21.7 Å². The summed E-state index contributed by atoms with van der Waals surface area (Å²) in [5, 5.41) is 0.739. The molecule has 0 saturated heterocycles. The zero-order chi connectivity index (χ0) is 9.97. The fourth-order valence-electron chi connectivity index (χ4n) is 1.39. The lowest BCUT2D eigenvalue weighted by Crippen LogP contribution is -1.81. The highest BCUT2D eigenvalue weighted by Crippen LogP contribution is 2.24. The number of halogens is 1. The first-order chi connectivity index (χ1) is 6.77. The number of benzene rings is 2. The molecule has 2 aromatic carbocycles. The minimum Gasteiger partial charge on any atom is -0.0843 e. The molecule has 1 heteroatoms. The van der Waals surface area contributed by atoms with Crippen LogP contribution in [0.25, 0.3) is 11.1 Å². The Bertz CT molecular complexity index is 429. The van der Waals surface area contributed by atoms with Crippen LogP contribution < -0.4 is 0 Å². The molecule has 0 atom stereocenters. The second kappa shape index (κ2) is 3.85. The van der Waals surface area contributed by atoms with Crippen LogP contribution in [0.15, 0.2) is 48.5 Å². The molecule has 2 aromatic rings. The Hall–Kier alpha value is -1.27. The average Bonchev–Trinajstić information content (AvgIpc) is 2.20. The lowest BCUT2D eigenvalue weighted by Gasteiger charge is -2.04. The maximum Gasteiger partial charge on any atom is 0.0406 e. The first-order valence-electron chi connectivity index (χ1n) is 4.38. The third kappa shape index (κ3) is 1.80. The summed E-state index contributed by atoms with van der Waals surface area (Å²) >= 11 is 5.81. The molecule has 0 aliphatic carbocycles. The normalized spacial score (nSPS) is 10.1. The summed E-state index contributed by atoms with van der Waals surface area (Å²) < 4.78 is 0. The van der Waals surface area contributed by atoms with Crippen molar-refractivity contribution >= 4 is 11.6 Å². The van der Waals surface area contributed by atoms with E-state index in [2.05, 4.69) is 0 Å². The first-order valence-corrected chi connectivity index (χ1v) is 4.75. The average molecular weight is 201 g/mol. The molecule has 0 bridgehead atoms. The van der Waals surface area contributed by atoms with Gasteiger partial charge < -0.3 is 0 Å². The van der Waals surface area contributed by atoms with Gasteiger partial charge in [0, 0.05) is 5.02 Å². The van der Waals surface area contributed by atoms with Crippen molar-refractivity contribution < 1.29 is 0 Å². The van der Waals surface area contributed by atoms with Crippen molar-refractivity contribution in [2.75, 3.05) is 0 Å². The quantitative estimate of drug-likeness (QED) is 0.651. The third-order valence-corrected chi connectivity index (χ3v) is 2.37. The minimum absolute atomic E-state index is 0.739. The van der Waals surface area contributed by atoms with Crippen molar-refractivity contribution in [1.29, 1.82) is 0 Å². The van der Waals surface area contributed by atoms with E-state index in [1.165, 1.54) is 0 Å². The molecular weight excluding hydrogens is 192 g/mol. The van der Waals surface area contributed by atoms with E-state index in [9.17, 15) is 0 Å². The number of rotatable bonds is 1. The van der Waals surface area contributed by atoms with Gasteiger partial charge >= 0.3 is 0 Å². The summed E-state index contributed by atoms with van der Waals surface area (Å²) in [6, 6.07) is 15.5. The largest absolute Gasteiger partial charge is 0.0843 e. The van der Waals surface area contributed by atoms with Gasteiger partial charge in [-0.2, -0.15) is 0 Å². The van der Waals surface area contributed by atoms with Gasteiger partial charge in [0.05, 0.1) is 0 Å². The predicted octanol–water partition coefficient (Wildman–Crippen LogP) is 4.07. The Morgan fingerprint density at radius 2 is 1.50 bits per heavy atom. The van der Waals surface area contributed by atoms with Gasteiger partial charge in [-0.25, -0.2) is 0 Å². The van der Waals surface area contributed by atoms with E-state index in [0.29, 0.717) is 0 Å². The Labute approximate surface area is 89.2 Å². The minimum atomic E-state index is 0.739. The van der Waals surface area contributed by atoms with E-state index >= 15 is 0 Å². The van der Waals surface area contributed by atoms with Crippen LogP contribution in [0, 0.1) is 6.92 Å². The van der Waals surface area contributed by atoms with Crippen molar-refractivity contribution in [3.8, 4) is 11.1 Å². The van der Waals surface area contributed by atoms with Crippen molar-refractivity contribution in [3.63, 3.8) is 0 Å². The van der Waals surface area contributed by atoms with Crippen molar-refractivity contribution in [2.24, 2.45) is 0 Å². The van der Waals surface area contributed by atoms with Crippen LogP contribution in [0.4, 0.5) is 0 Å². The van der Waals surface area contributed by atoms with Gasteiger partial charge in [0.1, 0.15) is 0 Å². The molecule has 0 fully saturated rings. The van der Waals surface area contributed by atoms with Gasteiger partial charge in [0.2, 0.25) is 0 Å². The Kier molecular flexibility index (Phi) is 2.55. The monoisotopic (exact) mass is 200 g/mol. The molecule has 14 heavy (non-hydrogen) atoms. The van der Waals surface area contributed by atoms with Gasteiger partial charge in [-0.15, -0.1) is 0 Å². The standard InChI is InChI=1S/C13H9Cl/c1-10-4-2-3-5-13(10)11-6-8-12(14)9-7-11/h1-9H. The molecule has 0 aliphatic rings. The molecule has 0 nitrogen and oxygen atoms in total. The molecule has 0 saturated carbocycles. The summed E-state index contributed by atoms with van der Waals surface area (Å²) in [7, 11) is 0.